The number of cyclic esters (lactones) is 1. The molecule has 4 aliphatic rings. The van der Waals surface area contributed by atoms with Gasteiger partial charge in [-0.3, -0.25) is 14.4 Å². The van der Waals surface area contributed by atoms with Crippen LogP contribution in [0.5, 0.6) is 0 Å². The molecule has 1 spiro atoms. The number of hydrogen-bond acceptors (Lipinski definition) is 6. The fourth-order valence-electron chi connectivity index (χ4n) is 5.22. The van der Waals surface area contributed by atoms with Crippen molar-refractivity contribution in [3.05, 3.63) is 24.3 Å². The summed E-state index contributed by atoms with van der Waals surface area (Å²) in [5, 5.41) is 9.34. The number of carbonyl (C=O) groups is 3. The molecule has 4 aliphatic heterocycles. The summed E-state index contributed by atoms with van der Waals surface area (Å²) >= 11 is 0. The summed E-state index contributed by atoms with van der Waals surface area (Å²) in [6.45, 7) is 4.72. The van der Waals surface area contributed by atoms with E-state index in [0.717, 1.165) is 12.8 Å². The molecule has 164 valence electrons. The highest BCUT2D eigenvalue weighted by Gasteiger charge is 2.71. The summed E-state index contributed by atoms with van der Waals surface area (Å²) in [6, 6.07) is -0.908. The largest absolute Gasteiger partial charge is 0.465 e. The first kappa shape index (κ1) is 21.1. The van der Waals surface area contributed by atoms with E-state index in [1.807, 2.05) is 38.2 Å². The van der Waals surface area contributed by atoms with Crippen LogP contribution < -0.4 is 0 Å². The Morgan fingerprint density at radius 2 is 2.03 bits per heavy atom. The van der Waals surface area contributed by atoms with Gasteiger partial charge in [-0.05, 0) is 33.1 Å². The van der Waals surface area contributed by atoms with Crippen molar-refractivity contribution in [2.24, 2.45) is 11.8 Å². The van der Waals surface area contributed by atoms with Crippen molar-refractivity contribution in [3.63, 3.8) is 0 Å². The molecule has 4 heterocycles. The topological polar surface area (TPSA) is 96.4 Å². The molecule has 30 heavy (non-hydrogen) atoms. The fourth-order valence-corrected chi connectivity index (χ4v) is 5.22. The molecule has 2 saturated heterocycles. The van der Waals surface area contributed by atoms with Crippen LogP contribution >= 0.6 is 0 Å². The minimum absolute atomic E-state index is 0.0467. The van der Waals surface area contributed by atoms with Crippen LogP contribution in [-0.4, -0.2) is 82.8 Å². The van der Waals surface area contributed by atoms with Crippen molar-refractivity contribution >= 4 is 17.8 Å². The Kier molecular flexibility index (Phi) is 5.72. The van der Waals surface area contributed by atoms with Crippen LogP contribution in [0.4, 0.5) is 0 Å². The van der Waals surface area contributed by atoms with Crippen LogP contribution in [-0.2, 0) is 23.9 Å². The van der Waals surface area contributed by atoms with Gasteiger partial charge < -0.3 is 24.4 Å². The average molecular weight is 418 g/mol. The zero-order valence-corrected chi connectivity index (χ0v) is 17.5. The molecule has 8 nitrogen and oxygen atoms in total. The minimum Gasteiger partial charge on any atom is -0.465 e. The number of ether oxygens (including phenoxy) is 2. The molecule has 2 fully saturated rings. The van der Waals surface area contributed by atoms with Crippen LogP contribution in [0.3, 0.4) is 0 Å². The first-order chi connectivity index (χ1) is 14.4. The molecule has 0 aromatic rings. The lowest BCUT2D eigenvalue weighted by atomic mass is 9.78. The fraction of sp³-hybridized carbons (Fsp3) is 0.682. The van der Waals surface area contributed by atoms with Gasteiger partial charge in [0.1, 0.15) is 17.6 Å². The first-order valence-corrected chi connectivity index (χ1v) is 10.8. The van der Waals surface area contributed by atoms with Crippen molar-refractivity contribution in [3.8, 4) is 0 Å². The second-order valence-corrected chi connectivity index (χ2v) is 8.68. The van der Waals surface area contributed by atoms with Crippen molar-refractivity contribution in [2.45, 2.75) is 56.9 Å². The standard InChI is InChI=1S/C22H30N2O6/c1-14(2)23-10-6-9-22-17(19(26)24(11-7-12-25)18(22)20(23)27)16-15(30-22)8-4-3-5-13-29-21(16)28/h4,6,8-9,14-18,25H,3,5,7,10-13H2,1-2H3/b8-4-/t15-,16?,17+,18-,22?/m1/s1. The third-order valence-corrected chi connectivity index (χ3v) is 6.56. The normalized spacial score (nSPS) is 37.1. The number of hydrogen-bond donors (Lipinski definition) is 1. The van der Waals surface area contributed by atoms with Gasteiger partial charge in [-0.25, -0.2) is 0 Å². The quantitative estimate of drug-likeness (QED) is 0.532. The third kappa shape index (κ3) is 3.17. The van der Waals surface area contributed by atoms with Gasteiger partial charge in [0.15, 0.2) is 0 Å². The van der Waals surface area contributed by atoms with Crippen LogP contribution in [0.2, 0.25) is 0 Å². The maximum Gasteiger partial charge on any atom is 0.312 e. The molecular formula is C22H30N2O6. The number of aliphatic hydroxyl groups excluding tert-OH is 1. The molecule has 0 aliphatic carbocycles. The summed E-state index contributed by atoms with van der Waals surface area (Å²) < 4.78 is 11.9. The number of allylic oxidation sites excluding steroid dienone is 1. The van der Waals surface area contributed by atoms with E-state index in [0.29, 0.717) is 19.6 Å². The second kappa shape index (κ2) is 8.15. The van der Waals surface area contributed by atoms with E-state index in [-0.39, 0.29) is 31.0 Å². The number of likely N-dealkylation sites (tertiary alicyclic amines) is 1. The summed E-state index contributed by atoms with van der Waals surface area (Å²) in [5.74, 6) is -2.54. The van der Waals surface area contributed by atoms with Crippen LogP contribution in [0.25, 0.3) is 0 Å². The van der Waals surface area contributed by atoms with Gasteiger partial charge in [0.2, 0.25) is 11.8 Å². The van der Waals surface area contributed by atoms with Gasteiger partial charge in [-0.2, -0.15) is 0 Å². The van der Waals surface area contributed by atoms with E-state index in [1.54, 1.807) is 4.90 Å². The molecule has 4 rings (SSSR count). The van der Waals surface area contributed by atoms with Crippen LogP contribution in [0.1, 0.15) is 33.1 Å². The Labute approximate surface area is 176 Å². The molecule has 0 saturated carbocycles. The Hall–Kier alpha value is -2.19. The Balaban J connectivity index is 1.81. The molecule has 8 heteroatoms. The molecule has 1 N–H and O–H groups in total. The molecule has 0 bridgehead atoms. The van der Waals surface area contributed by atoms with Crippen LogP contribution in [0.15, 0.2) is 24.3 Å². The maximum absolute atomic E-state index is 13.6. The highest BCUT2D eigenvalue weighted by atomic mass is 16.6. The predicted octanol–water partition coefficient (Wildman–Crippen LogP) is 0.650. The maximum atomic E-state index is 13.6. The van der Waals surface area contributed by atoms with Crippen molar-refractivity contribution < 1.29 is 29.0 Å². The van der Waals surface area contributed by atoms with Gasteiger partial charge in [0.25, 0.3) is 0 Å². The van der Waals surface area contributed by atoms with E-state index in [4.69, 9.17) is 9.47 Å². The van der Waals surface area contributed by atoms with Gasteiger partial charge >= 0.3 is 5.97 Å². The Morgan fingerprint density at radius 1 is 1.23 bits per heavy atom. The number of aliphatic hydroxyl groups is 1. The van der Waals surface area contributed by atoms with E-state index in [2.05, 4.69) is 0 Å². The van der Waals surface area contributed by atoms with Gasteiger partial charge in [-0.15, -0.1) is 0 Å². The Morgan fingerprint density at radius 3 is 2.77 bits per heavy atom. The predicted molar refractivity (Wildman–Crippen MR) is 107 cm³/mol. The summed E-state index contributed by atoms with van der Waals surface area (Å²) in [6.07, 6.45) is 8.70. The lowest BCUT2D eigenvalue weighted by molar-refractivity contribution is -0.155. The number of rotatable bonds is 4. The van der Waals surface area contributed by atoms with E-state index >= 15 is 0 Å². The first-order valence-electron chi connectivity index (χ1n) is 10.8. The highest BCUT2D eigenvalue weighted by molar-refractivity contribution is 5.99. The van der Waals surface area contributed by atoms with Gasteiger partial charge in [0, 0.05) is 25.7 Å². The monoisotopic (exact) mass is 418 g/mol. The molecule has 2 unspecified atom stereocenters. The van der Waals surface area contributed by atoms with E-state index in [1.165, 1.54) is 4.90 Å². The summed E-state index contributed by atoms with van der Waals surface area (Å²) in [5.41, 5.74) is -1.22. The Bertz CT molecular complexity index is 778. The second-order valence-electron chi connectivity index (χ2n) is 8.68. The molecule has 0 radical (unpaired) electrons. The van der Waals surface area contributed by atoms with E-state index < -0.39 is 35.6 Å². The molecule has 5 atom stereocenters. The number of amides is 2. The summed E-state index contributed by atoms with van der Waals surface area (Å²) in [4.78, 5) is 43.4. The number of fused-ring (bicyclic) bond motifs is 2. The SMILES string of the molecule is CC(C)N1CC=CC23O[C@@H]4/C=C\CCCOC(=O)C4[C@H]2C(=O)N(CCCO)[C@@H]3C1=O. The zero-order valence-electron chi connectivity index (χ0n) is 17.5. The van der Waals surface area contributed by atoms with Crippen LogP contribution in [0, 0.1) is 11.8 Å². The number of carbonyl (C=O) groups excluding carboxylic acids is 3. The minimum atomic E-state index is -1.22. The summed E-state index contributed by atoms with van der Waals surface area (Å²) in [7, 11) is 0. The van der Waals surface area contributed by atoms with Gasteiger partial charge in [0.05, 0.1) is 18.6 Å². The van der Waals surface area contributed by atoms with Crippen molar-refractivity contribution in [2.75, 3.05) is 26.3 Å². The highest BCUT2D eigenvalue weighted by Crippen LogP contribution is 2.53. The van der Waals surface area contributed by atoms with Crippen molar-refractivity contribution in [1.82, 2.24) is 9.80 Å². The lowest BCUT2D eigenvalue weighted by Crippen LogP contribution is -2.56. The molecule has 0 aromatic heterocycles. The lowest BCUT2D eigenvalue weighted by Gasteiger charge is -2.36. The zero-order chi connectivity index (χ0) is 21.5. The third-order valence-electron chi connectivity index (χ3n) is 6.56. The van der Waals surface area contributed by atoms with Crippen molar-refractivity contribution in [1.29, 1.82) is 0 Å². The van der Waals surface area contributed by atoms with E-state index in [9.17, 15) is 19.5 Å². The molecular weight excluding hydrogens is 388 g/mol. The number of esters is 1. The smallest absolute Gasteiger partial charge is 0.312 e. The average Bonchev–Trinajstić information content (AvgIpc) is 3.11. The number of nitrogens with zero attached hydrogens (tertiary/aromatic N) is 2. The molecule has 2 amide bonds. The van der Waals surface area contributed by atoms with Gasteiger partial charge in [-0.1, -0.05) is 24.3 Å². The molecule has 0 aromatic carbocycles.